The summed E-state index contributed by atoms with van der Waals surface area (Å²) in [5.74, 6) is 2.50. The number of ether oxygens (including phenoxy) is 1. The first-order valence-corrected chi connectivity index (χ1v) is 6.66. The molecule has 1 aromatic heterocycles. The lowest BCUT2D eigenvalue weighted by atomic mass is 10.1. The average molecular weight is 265 g/mol. The summed E-state index contributed by atoms with van der Waals surface area (Å²) in [7, 11) is 5.86. The molecule has 1 aromatic rings. The zero-order chi connectivity index (χ0) is 13.7. The molecule has 0 aliphatic carbocycles. The average Bonchev–Trinajstić information content (AvgIpc) is 3.02. The Bertz CT molecular complexity index is 422. The molecule has 0 saturated carbocycles. The Hall–Kier alpha value is -1.56. The van der Waals surface area contributed by atoms with E-state index in [1.165, 1.54) is 0 Å². The Kier molecular flexibility index (Phi) is 4.79. The van der Waals surface area contributed by atoms with Crippen LogP contribution in [0.3, 0.4) is 0 Å². The molecule has 1 saturated heterocycles. The normalized spacial score (nSPS) is 19.7. The molecule has 0 spiro atoms. The third-order valence-electron chi connectivity index (χ3n) is 3.46. The number of aryl methyl sites for hydroxylation is 1. The molecule has 0 amide bonds. The molecule has 1 unspecified atom stereocenters. The van der Waals surface area contributed by atoms with Gasteiger partial charge in [0.2, 0.25) is 0 Å². The highest BCUT2D eigenvalue weighted by Crippen LogP contribution is 2.13. The van der Waals surface area contributed by atoms with Crippen molar-refractivity contribution in [3.8, 4) is 0 Å². The van der Waals surface area contributed by atoms with Crippen LogP contribution in [0.2, 0.25) is 0 Å². The molecule has 0 radical (unpaired) electrons. The van der Waals surface area contributed by atoms with Crippen LogP contribution in [-0.4, -0.2) is 54.3 Å². The number of aliphatic imine (C=N–C) groups is 1. The van der Waals surface area contributed by atoms with Crippen LogP contribution >= 0.6 is 0 Å². The van der Waals surface area contributed by atoms with Gasteiger partial charge >= 0.3 is 0 Å². The van der Waals surface area contributed by atoms with Crippen molar-refractivity contribution in [1.29, 1.82) is 0 Å². The topological polar surface area (TPSA) is 54.7 Å². The van der Waals surface area contributed by atoms with Crippen molar-refractivity contribution in [2.24, 2.45) is 18.0 Å². The van der Waals surface area contributed by atoms with Gasteiger partial charge in [-0.1, -0.05) is 0 Å². The lowest BCUT2D eigenvalue weighted by molar-refractivity contribution is 0.181. The van der Waals surface area contributed by atoms with Crippen molar-refractivity contribution >= 4 is 5.96 Å². The molecule has 0 aromatic carbocycles. The van der Waals surface area contributed by atoms with E-state index in [1.807, 2.05) is 24.9 Å². The summed E-state index contributed by atoms with van der Waals surface area (Å²) < 4.78 is 7.41. The molecule has 19 heavy (non-hydrogen) atoms. The molecule has 0 bridgehead atoms. The first-order chi connectivity index (χ1) is 9.20. The number of rotatable bonds is 4. The molecular formula is C13H23N5O. The van der Waals surface area contributed by atoms with Gasteiger partial charge in [-0.25, -0.2) is 4.98 Å². The quantitative estimate of drug-likeness (QED) is 0.635. The molecule has 2 heterocycles. The lowest BCUT2D eigenvalue weighted by Gasteiger charge is -2.24. The fraction of sp³-hybridized carbons (Fsp3) is 0.692. The molecule has 106 valence electrons. The number of hydrogen-bond acceptors (Lipinski definition) is 3. The minimum absolute atomic E-state index is 0.608. The van der Waals surface area contributed by atoms with Crippen molar-refractivity contribution < 1.29 is 4.74 Å². The van der Waals surface area contributed by atoms with Gasteiger partial charge in [0.05, 0.1) is 13.2 Å². The Morgan fingerprint density at radius 3 is 3.11 bits per heavy atom. The zero-order valence-corrected chi connectivity index (χ0v) is 12.0. The summed E-state index contributed by atoms with van der Waals surface area (Å²) in [5, 5.41) is 3.34. The summed E-state index contributed by atoms with van der Waals surface area (Å²) in [5.41, 5.74) is 0. The van der Waals surface area contributed by atoms with Crippen molar-refractivity contribution in [3.05, 3.63) is 18.2 Å². The van der Waals surface area contributed by atoms with E-state index in [4.69, 9.17) is 4.74 Å². The van der Waals surface area contributed by atoms with Crippen molar-refractivity contribution in [2.75, 3.05) is 33.9 Å². The Morgan fingerprint density at radius 1 is 1.68 bits per heavy atom. The molecule has 1 aliphatic rings. The smallest absolute Gasteiger partial charge is 0.193 e. The molecule has 1 N–H and O–H groups in total. The maximum absolute atomic E-state index is 5.41. The van der Waals surface area contributed by atoms with Gasteiger partial charge in [-0.05, 0) is 6.42 Å². The van der Waals surface area contributed by atoms with Gasteiger partial charge in [-0.15, -0.1) is 0 Å². The molecule has 6 nitrogen and oxygen atoms in total. The minimum Gasteiger partial charge on any atom is -0.381 e. The number of nitrogens with one attached hydrogen (secondary N) is 1. The first-order valence-electron chi connectivity index (χ1n) is 6.66. The number of imidazole rings is 1. The molecule has 2 rings (SSSR count). The van der Waals surface area contributed by atoms with Gasteiger partial charge in [-0.3, -0.25) is 4.99 Å². The summed E-state index contributed by atoms with van der Waals surface area (Å²) in [6.07, 6.45) is 4.89. The standard InChI is InChI=1S/C13H23N5O/c1-14-13(16-8-12-15-5-6-17(12)2)18(3)9-11-4-7-19-10-11/h5-6,11H,4,7-10H2,1-3H3,(H,14,16). The van der Waals surface area contributed by atoms with E-state index in [1.54, 1.807) is 6.20 Å². The summed E-state index contributed by atoms with van der Waals surface area (Å²) in [6.45, 7) is 3.40. The monoisotopic (exact) mass is 265 g/mol. The third kappa shape index (κ3) is 3.70. The van der Waals surface area contributed by atoms with E-state index < -0.39 is 0 Å². The van der Waals surface area contributed by atoms with Crippen LogP contribution in [0.4, 0.5) is 0 Å². The largest absolute Gasteiger partial charge is 0.381 e. The second-order valence-corrected chi connectivity index (χ2v) is 4.97. The fourth-order valence-corrected chi connectivity index (χ4v) is 2.31. The highest BCUT2D eigenvalue weighted by atomic mass is 16.5. The second-order valence-electron chi connectivity index (χ2n) is 4.97. The van der Waals surface area contributed by atoms with Crippen LogP contribution in [0, 0.1) is 5.92 Å². The molecule has 1 aliphatic heterocycles. The van der Waals surface area contributed by atoms with Crippen LogP contribution in [0.1, 0.15) is 12.2 Å². The van der Waals surface area contributed by atoms with Gasteiger partial charge < -0.3 is 19.5 Å². The summed E-state index contributed by atoms with van der Waals surface area (Å²) in [4.78, 5) is 10.8. The van der Waals surface area contributed by atoms with Crippen molar-refractivity contribution in [2.45, 2.75) is 13.0 Å². The molecule has 1 fully saturated rings. The highest BCUT2D eigenvalue weighted by molar-refractivity contribution is 5.79. The van der Waals surface area contributed by atoms with Gasteiger partial charge in [0, 0.05) is 52.6 Å². The van der Waals surface area contributed by atoms with Crippen LogP contribution in [0.25, 0.3) is 0 Å². The predicted molar refractivity (Wildman–Crippen MR) is 75.0 cm³/mol. The lowest BCUT2D eigenvalue weighted by Crippen LogP contribution is -2.41. The Labute approximate surface area is 114 Å². The number of guanidine groups is 1. The van der Waals surface area contributed by atoms with Crippen molar-refractivity contribution in [1.82, 2.24) is 19.8 Å². The van der Waals surface area contributed by atoms with Crippen LogP contribution in [0.5, 0.6) is 0 Å². The highest BCUT2D eigenvalue weighted by Gasteiger charge is 2.19. The third-order valence-corrected chi connectivity index (χ3v) is 3.46. The molecular weight excluding hydrogens is 242 g/mol. The van der Waals surface area contributed by atoms with Gasteiger partial charge in [0.15, 0.2) is 5.96 Å². The van der Waals surface area contributed by atoms with E-state index in [-0.39, 0.29) is 0 Å². The van der Waals surface area contributed by atoms with Crippen molar-refractivity contribution in [3.63, 3.8) is 0 Å². The number of nitrogens with zero attached hydrogens (tertiary/aromatic N) is 4. The van der Waals surface area contributed by atoms with Crippen LogP contribution in [-0.2, 0) is 18.3 Å². The first kappa shape index (κ1) is 13.9. The van der Waals surface area contributed by atoms with Crippen LogP contribution < -0.4 is 5.32 Å². The maximum atomic E-state index is 5.41. The number of aromatic nitrogens is 2. The van der Waals surface area contributed by atoms with E-state index in [9.17, 15) is 0 Å². The zero-order valence-electron chi connectivity index (χ0n) is 12.0. The van der Waals surface area contributed by atoms with E-state index >= 15 is 0 Å². The SMILES string of the molecule is CN=C(NCc1nccn1C)N(C)CC1CCOC1. The van der Waals surface area contributed by atoms with Crippen LogP contribution in [0.15, 0.2) is 17.4 Å². The second kappa shape index (κ2) is 6.56. The molecule has 1 atom stereocenters. The summed E-state index contributed by atoms with van der Waals surface area (Å²) >= 11 is 0. The minimum atomic E-state index is 0.608. The van der Waals surface area contributed by atoms with E-state index in [0.29, 0.717) is 12.5 Å². The van der Waals surface area contributed by atoms with Gasteiger partial charge in [-0.2, -0.15) is 0 Å². The number of hydrogen-bond donors (Lipinski definition) is 1. The summed E-state index contributed by atoms with van der Waals surface area (Å²) in [6, 6.07) is 0. The van der Waals surface area contributed by atoms with Gasteiger partial charge in [0.25, 0.3) is 0 Å². The van der Waals surface area contributed by atoms with E-state index in [0.717, 1.165) is 38.0 Å². The van der Waals surface area contributed by atoms with E-state index in [2.05, 4.69) is 27.2 Å². The fourth-order valence-electron chi connectivity index (χ4n) is 2.31. The Morgan fingerprint density at radius 2 is 2.53 bits per heavy atom. The van der Waals surface area contributed by atoms with Gasteiger partial charge in [0.1, 0.15) is 5.82 Å². The maximum Gasteiger partial charge on any atom is 0.193 e. The molecule has 6 heteroatoms. The Balaban J connectivity index is 1.83. The predicted octanol–water partition coefficient (Wildman–Crippen LogP) is 0.464.